The summed E-state index contributed by atoms with van der Waals surface area (Å²) >= 11 is 0. The molecule has 0 amide bonds. The van der Waals surface area contributed by atoms with Crippen LogP contribution in [0, 0.1) is 6.92 Å². The van der Waals surface area contributed by atoms with Crippen LogP contribution in [-0.4, -0.2) is 4.98 Å². The van der Waals surface area contributed by atoms with Crippen molar-refractivity contribution in [3.05, 3.63) is 29.1 Å². The fourth-order valence-corrected chi connectivity index (χ4v) is 2.00. The summed E-state index contributed by atoms with van der Waals surface area (Å²) in [5.41, 5.74) is 3.98. The van der Waals surface area contributed by atoms with Crippen molar-refractivity contribution in [2.45, 2.75) is 39.0 Å². The lowest BCUT2D eigenvalue weighted by molar-refractivity contribution is 0.577. The zero-order valence-corrected chi connectivity index (χ0v) is 7.80. The molecule has 1 aromatic rings. The molecule has 1 aromatic heterocycles. The van der Waals surface area contributed by atoms with Gasteiger partial charge in [-0.1, -0.05) is 13.0 Å². The number of hydrogen-bond donors (Lipinski definition) is 0. The standard InChI is InChI=1S/C11H15N/c1-8-4-3-5-11-10(8)7-6-9(2)12-11/h6-8H,3-5H2,1-2H3. The number of nitrogens with zero attached hydrogens (tertiary/aromatic N) is 1. The van der Waals surface area contributed by atoms with E-state index in [1.165, 1.54) is 30.5 Å². The second-order valence-electron chi connectivity index (χ2n) is 3.78. The Bertz CT molecular complexity index is 291. The Kier molecular flexibility index (Phi) is 1.87. The van der Waals surface area contributed by atoms with Gasteiger partial charge in [-0.25, -0.2) is 0 Å². The molecule has 1 nitrogen and oxygen atoms in total. The Balaban J connectivity index is 2.46. The van der Waals surface area contributed by atoms with E-state index >= 15 is 0 Å². The zero-order valence-electron chi connectivity index (χ0n) is 7.80. The van der Waals surface area contributed by atoms with Crippen LogP contribution >= 0.6 is 0 Å². The molecule has 0 bridgehead atoms. The van der Waals surface area contributed by atoms with Crippen molar-refractivity contribution in [2.75, 3.05) is 0 Å². The van der Waals surface area contributed by atoms with E-state index in [0.29, 0.717) is 0 Å². The molecule has 0 aliphatic heterocycles. The van der Waals surface area contributed by atoms with E-state index < -0.39 is 0 Å². The summed E-state index contributed by atoms with van der Waals surface area (Å²) in [5, 5.41) is 0. The third-order valence-electron chi connectivity index (χ3n) is 2.73. The van der Waals surface area contributed by atoms with Crippen LogP contribution < -0.4 is 0 Å². The van der Waals surface area contributed by atoms with Crippen molar-refractivity contribution < 1.29 is 0 Å². The maximum atomic E-state index is 4.56. The first-order valence-electron chi connectivity index (χ1n) is 4.74. The van der Waals surface area contributed by atoms with Crippen molar-refractivity contribution in [3.63, 3.8) is 0 Å². The maximum absolute atomic E-state index is 4.56. The molecule has 0 N–H and O–H groups in total. The Hall–Kier alpha value is -0.850. The second-order valence-corrected chi connectivity index (χ2v) is 3.78. The Labute approximate surface area is 73.8 Å². The second kappa shape index (κ2) is 2.89. The molecule has 0 fully saturated rings. The van der Waals surface area contributed by atoms with E-state index in [1.54, 1.807) is 0 Å². The van der Waals surface area contributed by atoms with Gasteiger partial charge in [0.15, 0.2) is 0 Å². The minimum atomic E-state index is 0.724. The summed E-state index contributed by atoms with van der Waals surface area (Å²) < 4.78 is 0. The van der Waals surface area contributed by atoms with E-state index in [-0.39, 0.29) is 0 Å². The Morgan fingerprint density at radius 1 is 1.42 bits per heavy atom. The summed E-state index contributed by atoms with van der Waals surface area (Å²) in [4.78, 5) is 4.56. The number of rotatable bonds is 0. The average molecular weight is 161 g/mol. The molecule has 2 rings (SSSR count). The molecule has 0 saturated heterocycles. The van der Waals surface area contributed by atoms with E-state index in [2.05, 4.69) is 31.0 Å². The van der Waals surface area contributed by atoms with Gasteiger partial charge in [-0.15, -0.1) is 0 Å². The van der Waals surface area contributed by atoms with Crippen LogP contribution in [0.25, 0.3) is 0 Å². The van der Waals surface area contributed by atoms with Gasteiger partial charge < -0.3 is 0 Å². The summed E-state index contributed by atoms with van der Waals surface area (Å²) in [6.45, 7) is 4.37. The number of aromatic nitrogens is 1. The largest absolute Gasteiger partial charge is 0.258 e. The normalized spacial score (nSPS) is 22.0. The lowest BCUT2D eigenvalue weighted by Gasteiger charge is -2.21. The van der Waals surface area contributed by atoms with Crippen LogP contribution in [0.15, 0.2) is 12.1 Å². The van der Waals surface area contributed by atoms with Crippen LogP contribution in [0.5, 0.6) is 0 Å². The van der Waals surface area contributed by atoms with Gasteiger partial charge in [0, 0.05) is 11.4 Å². The van der Waals surface area contributed by atoms with Crippen LogP contribution in [0.4, 0.5) is 0 Å². The van der Waals surface area contributed by atoms with Crippen molar-refractivity contribution in [1.29, 1.82) is 0 Å². The summed E-state index contributed by atoms with van der Waals surface area (Å²) in [6, 6.07) is 4.38. The average Bonchev–Trinajstić information content (AvgIpc) is 2.04. The van der Waals surface area contributed by atoms with Crippen molar-refractivity contribution in [1.82, 2.24) is 4.98 Å². The van der Waals surface area contributed by atoms with Gasteiger partial charge in [0.1, 0.15) is 0 Å². The molecule has 1 unspecified atom stereocenters. The molecule has 1 aliphatic carbocycles. The van der Waals surface area contributed by atoms with Gasteiger partial charge >= 0.3 is 0 Å². The van der Waals surface area contributed by atoms with E-state index in [1.807, 2.05) is 0 Å². The van der Waals surface area contributed by atoms with Gasteiger partial charge in [-0.05, 0) is 43.7 Å². The van der Waals surface area contributed by atoms with Gasteiger partial charge in [-0.2, -0.15) is 0 Å². The minimum absolute atomic E-state index is 0.724. The molecule has 1 heterocycles. The van der Waals surface area contributed by atoms with Crippen molar-refractivity contribution in [3.8, 4) is 0 Å². The lowest BCUT2D eigenvalue weighted by atomic mass is 9.87. The van der Waals surface area contributed by atoms with Gasteiger partial charge in [-0.3, -0.25) is 4.98 Å². The molecule has 12 heavy (non-hydrogen) atoms. The maximum Gasteiger partial charge on any atom is 0.0441 e. The van der Waals surface area contributed by atoms with E-state index in [4.69, 9.17) is 0 Å². The zero-order chi connectivity index (χ0) is 8.55. The molecular formula is C11H15N. The molecule has 0 radical (unpaired) electrons. The molecule has 0 spiro atoms. The highest BCUT2D eigenvalue weighted by molar-refractivity contribution is 5.28. The van der Waals surface area contributed by atoms with Crippen LogP contribution in [0.3, 0.4) is 0 Å². The van der Waals surface area contributed by atoms with Crippen molar-refractivity contribution >= 4 is 0 Å². The third kappa shape index (κ3) is 1.24. The van der Waals surface area contributed by atoms with Gasteiger partial charge in [0.05, 0.1) is 0 Å². The molecular weight excluding hydrogens is 146 g/mol. The molecule has 0 aromatic carbocycles. The molecule has 64 valence electrons. The molecule has 1 aliphatic rings. The quantitative estimate of drug-likeness (QED) is 0.570. The summed E-state index contributed by atoms with van der Waals surface area (Å²) in [6.07, 6.45) is 3.82. The highest BCUT2D eigenvalue weighted by Gasteiger charge is 2.16. The first-order chi connectivity index (χ1) is 5.77. The van der Waals surface area contributed by atoms with Crippen LogP contribution in [0.1, 0.15) is 42.6 Å². The summed E-state index contributed by atoms with van der Waals surface area (Å²) in [5.74, 6) is 0.724. The Morgan fingerprint density at radius 3 is 3.08 bits per heavy atom. The smallest absolute Gasteiger partial charge is 0.0441 e. The predicted octanol–water partition coefficient (Wildman–Crippen LogP) is 2.83. The highest BCUT2D eigenvalue weighted by atomic mass is 14.7. The summed E-state index contributed by atoms with van der Waals surface area (Å²) in [7, 11) is 0. The first-order valence-corrected chi connectivity index (χ1v) is 4.74. The van der Waals surface area contributed by atoms with Crippen LogP contribution in [-0.2, 0) is 6.42 Å². The first kappa shape index (κ1) is 7.78. The minimum Gasteiger partial charge on any atom is -0.258 e. The predicted molar refractivity (Wildman–Crippen MR) is 50.3 cm³/mol. The molecule has 0 saturated carbocycles. The topological polar surface area (TPSA) is 12.9 Å². The number of aryl methyl sites for hydroxylation is 2. The van der Waals surface area contributed by atoms with Crippen LogP contribution in [0.2, 0.25) is 0 Å². The fraction of sp³-hybridized carbons (Fsp3) is 0.545. The third-order valence-corrected chi connectivity index (χ3v) is 2.73. The highest BCUT2D eigenvalue weighted by Crippen LogP contribution is 2.29. The van der Waals surface area contributed by atoms with Gasteiger partial charge in [0.2, 0.25) is 0 Å². The fourth-order valence-electron chi connectivity index (χ4n) is 2.00. The number of fused-ring (bicyclic) bond motifs is 1. The number of hydrogen-bond acceptors (Lipinski definition) is 1. The van der Waals surface area contributed by atoms with Crippen molar-refractivity contribution in [2.24, 2.45) is 0 Å². The monoisotopic (exact) mass is 161 g/mol. The van der Waals surface area contributed by atoms with E-state index in [0.717, 1.165) is 11.6 Å². The lowest BCUT2D eigenvalue weighted by Crippen LogP contribution is -2.09. The van der Waals surface area contributed by atoms with Gasteiger partial charge in [0.25, 0.3) is 0 Å². The molecule has 1 atom stereocenters. The van der Waals surface area contributed by atoms with E-state index in [9.17, 15) is 0 Å². The number of pyridine rings is 1. The Morgan fingerprint density at radius 2 is 2.25 bits per heavy atom. The SMILES string of the molecule is Cc1ccc2c(n1)CCCC2C. The molecule has 1 heteroatoms.